The van der Waals surface area contributed by atoms with Crippen LogP contribution in [-0.2, 0) is 9.53 Å². The van der Waals surface area contributed by atoms with Crippen LogP contribution in [0.1, 0.15) is 30.6 Å². The largest absolute Gasteiger partial charge is 0.493 e. The summed E-state index contributed by atoms with van der Waals surface area (Å²) < 4.78 is 46.9. The van der Waals surface area contributed by atoms with Crippen LogP contribution >= 0.6 is 0 Å². The summed E-state index contributed by atoms with van der Waals surface area (Å²) in [7, 11) is 0. The van der Waals surface area contributed by atoms with Gasteiger partial charge in [-0.2, -0.15) is 13.2 Å². The number of carbonyl (C=O) groups excluding carboxylic acids is 2. The van der Waals surface area contributed by atoms with Gasteiger partial charge in [-0.15, -0.1) is 0 Å². The highest BCUT2D eigenvalue weighted by molar-refractivity contribution is 5.98. The molecule has 0 fully saturated rings. The number of benzene rings is 1. The number of hydrogen-bond donors (Lipinski definition) is 1. The van der Waals surface area contributed by atoms with E-state index in [1.54, 1.807) is 12.2 Å². The third-order valence-corrected chi connectivity index (χ3v) is 2.45. The lowest BCUT2D eigenvalue weighted by atomic mass is 10.1. The Hall–Kier alpha value is -2.25. The summed E-state index contributed by atoms with van der Waals surface area (Å²) in [5.74, 6) is -2.67. The minimum atomic E-state index is -5.01. The van der Waals surface area contributed by atoms with Gasteiger partial charge >= 0.3 is 18.1 Å². The SMILES string of the molecule is CCCOc1ccc(NC(=O)C(F)(F)F)cc1C(=O)OCC. The monoisotopic (exact) mass is 319 g/mol. The van der Waals surface area contributed by atoms with Crippen LogP contribution < -0.4 is 10.1 Å². The van der Waals surface area contributed by atoms with E-state index in [1.807, 2.05) is 6.92 Å². The molecule has 1 N–H and O–H groups in total. The number of ether oxygens (including phenoxy) is 2. The standard InChI is InChI=1S/C14H16F3NO4/c1-3-7-22-11-6-5-9(18-13(20)14(15,16)17)8-10(11)12(19)21-4-2/h5-6,8H,3-4,7H2,1-2H3,(H,18,20). The van der Waals surface area contributed by atoms with Gasteiger partial charge in [-0.25, -0.2) is 4.79 Å². The summed E-state index contributed by atoms with van der Waals surface area (Å²) in [4.78, 5) is 22.7. The van der Waals surface area contributed by atoms with Crippen molar-refractivity contribution >= 4 is 17.6 Å². The van der Waals surface area contributed by atoms with Gasteiger partial charge in [0.1, 0.15) is 11.3 Å². The average Bonchev–Trinajstić information content (AvgIpc) is 2.45. The fourth-order valence-electron chi connectivity index (χ4n) is 1.52. The molecule has 0 radical (unpaired) electrons. The lowest BCUT2D eigenvalue weighted by Crippen LogP contribution is -2.30. The maximum atomic E-state index is 12.2. The van der Waals surface area contributed by atoms with Gasteiger partial charge in [0.05, 0.1) is 13.2 Å². The first-order chi connectivity index (χ1) is 10.3. The Morgan fingerprint density at radius 1 is 1.23 bits per heavy atom. The molecule has 1 aromatic carbocycles. The Bertz CT molecular complexity index is 543. The zero-order valence-electron chi connectivity index (χ0n) is 12.1. The fraction of sp³-hybridized carbons (Fsp3) is 0.429. The molecule has 122 valence electrons. The molecule has 0 bridgehead atoms. The van der Waals surface area contributed by atoms with Crippen molar-refractivity contribution in [3.63, 3.8) is 0 Å². The second-order valence-corrected chi connectivity index (χ2v) is 4.23. The van der Waals surface area contributed by atoms with Crippen molar-refractivity contribution in [2.45, 2.75) is 26.4 Å². The molecule has 1 aromatic rings. The van der Waals surface area contributed by atoms with Crippen LogP contribution in [0, 0.1) is 0 Å². The normalized spacial score (nSPS) is 11.0. The van der Waals surface area contributed by atoms with E-state index in [9.17, 15) is 22.8 Å². The van der Waals surface area contributed by atoms with Crippen LogP contribution in [0.2, 0.25) is 0 Å². The smallest absolute Gasteiger partial charge is 0.471 e. The highest BCUT2D eigenvalue weighted by Crippen LogP contribution is 2.25. The predicted octanol–water partition coefficient (Wildman–Crippen LogP) is 3.15. The van der Waals surface area contributed by atoms with E-state index in [0.29, 0.717) is 13.0 Å². The molecule has 0 heterocycles. The van der Waals surface area contributed by atoms with Gasteiger partial charge in [-0.1, -0.05) is 6.92 Å². The second kappa shape index (κ2) is 7.67. The molecule has 0 aliphatic heterocycles. The zero-order valence-corrected chi connectivity index (χ0v) is 12.1. The van der Waals surface area contributed by atoms with E-state index >= 15 is 0 Å². The number of esters is 1. The minimum absolute atomic E-state index is 0.0460. The van der Waals surface area contributed by atoms with Crippen LogP contribution in [0.5, 0.6) is 5.75 Å². The molecule has 0 unspecified atom stereocenters. The molecule has 1 rings (SSSR count). The number of halogens is 3. The lowest BCUT2D eigenvalue weighted by Gasteiger charge is -2.13. The van der Waals surface area contributed by atoms with Crippen molar-refractivity contribution in [3.8, 4) is 5.75 Å². The molecule has 0 aliphatic carbocycles. The quantitative estimate of drug-likeness (QED) is 0.818. The van der Waals surface area contributed by atoms with E-state index in [-0.39, 0.29) is 23.6 Å². The van der Waals surface area contributed by atoms with Crippen molar-refractivity contribution in [1.82, 2.24) is 0 Å². The van der Waals surface area contributed by atoms with Gasteiger partial charge in [0.25, 0.3) is 0 Å². The van der Waals surface area contributed by atoms with Crippen LogP contribution in [0.3, 0.4) is 0 Å². The molecule has 0 aliphatic rings. The average molecular weight is 319 g/mol. The van der Waals surface area contributed by atoms with Gasteiger partial charge in [-0.05, 0) is 31.5 Å². The second-order valence-electron chi connectivity index (χ2n) is 4.23. The highest BCUT2D eigenvalue weighted by atomic mass is 19.4. The Balaban J connectivity index is 3.05. The summed E-state index contributed by atoms with van der Waals surface area (Å²) in [5, 5.41) is 1.68. The molecule has 8 heteroatoms. The van der Waals surface area contributed by atoms with Crippen molar-refractivity contribution in [2.75, 3.05) is 18.5 Å². The summed E-state index contributed by atoms with van der Waals surface area (Å²) in [6.07, 6.45) is -4.32. The lowest BCUT2D eigenvalue weighted by molar-refractivity contribution is -0.167. The Morgan fingerprint density at radius 3 is 2.45 bits per heavy atom. The van der Waals surface area contributed by atoms with Crippen LogP contribution in [0.25, 0.3) is 0 Å². The van der Waals surface area contributed by atoms with E-state index in [2.05, 4.69) is 0 Å². The molecular weight excluding hydrogens is 303 g/mol. The number of anilines is 1. The first-order valence-electron chi connectivity index (χ1n) is 6.61. The number of rotatable bonds is 6. The Labute approximate surface area is 125 Å². The number of alkyl halides is 3. The zero-order chi connectivity index (χ0) is 16.8. The highest BCUT2D eigenvalue weighted by Gasteiger charge is 2.38. The van der Waals surface area contributed by atoms with Crippen molar-refractivity contribution in [2.24, 2.45) is 0 Å². The third kappa shape index (κ3) is 4.94. The van der Waals surface area contributed by atoms with Gasteiger partial charge in [0.2, 0.25) is 0 Å². The van der Waals surface area contributed by atoms with E-state index in [4.69, 9.17) is 9.47 Å². The molecular formula is C14H16F3NO4. The predicted molar refractivity (Wildman–Crippen MR) is 72.9 cm³/mol. The molecule has 0 saturated carbocycles. The molecule has 0 saturated heterocycles. The summed E-state index contributed by atoms with van der Waals surface area (Å²) in [6.45, 7) is 3.90. The van der Waals surface area contributed by atoms with Crippen molar-refractivity contribution in [3.05, 3.63) is 23.8 Å². The third-order valence-electron chi connectivity index (χ3n) is 2.45. The molecule has 1 amide bonds. The molecule has 22 heavy (non-hydrogen) atoms. The van der Waals surface area contributed by atoms with Gasteiger partial charge in [0.15, 0.2) is 0 Å². The van der Waals surface area contributed by atoms with Gasteiger partial charge in [0, 0.05) is 5.69 Å². The van der Waals surface area contributed by atoms with Crippen LogP contribution in [0.15, 0.2) is 18.2 Å². The minimum Gasteiger partial charge on any atom is -0.493 e. The molecule has 0 aromatic heterocycles. The van der Waals surface area contributed by atoms with E-state index in [0.717, 1.165) is 6.07 Å². The number of amides is 1. The van der Waals surface area contributed by atoms with Crippen molar-refractivity contribution in [1.29, 1.82) is 0 Å². The first-order valence-corrected chi connectivity index (χ1v) is 6.61. The van der Waals surface area contributed by atoms with Crippen LogP contribution in [0.4, 0.5) is 18.9 Å². The summed E-state index contributed by atoms with van der Waals surface area (Å²) >= 11 is 0. The van der Waals surface area contributed by atoms with E-state index in [1.165, 1.54) is 12.1 Å². The molecule has 5 nitrogen and oxygen atoms in total. The molecule has 0 spiro atoms. The summed E-state index contributed by atoms with van der Waals surface area (Å²) in [6, 6.07) is 3.62. The first kappa shape index (κ1) is 17.8. The summed E-state index contributed by atoms with van der Waals surface area (Å²) in [5.41, 5.74) is -0.218. The van der Waals surface area contributed by atoms with Gasteiger partial charge < -0.3 is 14.8 Å². The topological polar surface area (TPSA) is 64.6 Å². The van der Waals surface area contributed by atoms with Crippen molar-refractivity contribution < 1.29 is 32.2 Å². The maximum Gasteiger partial charge on any atom is 0.471 e. The fourth-order valence-corrected chi connectivity index (χ4v) is 1.52. The maximum absolute atomic E-state index is 12.2. The number of carbonyl (C=O) groups is 2. The van der Waals surface area contributed by atoms with Crippen LogP contribution in [-0.4, -0.2) is 31.3 Å². The number of hydrogen-bond acceptors (Lipinski definition) is 4. The van der Waals surface area contributed by atoms with E-state index < -0.39 is 18.1 Å². The Kier molecular flexibility index (Phi) is 6.21. The Morgan fingerprint density at radius 2 is 1.91 bits per heavy atom. The van der Waals surface area contributed by atoms with Gasteiger partial charge in [-0.3, -0.25) is 4.79 Å². The number of nitrogens with one attached hydrogen (secondary N) is 1. The molecule has 0 atom stereocenters.